The van der Waals surface area contributed by atoms with Gasteiger partial charge >= 0.3 is 0 Å². The molecule has 0 aliphatic heterocycles. The number of nitrogens with zero attached hydrogens (tertiary/aromatic N) is 1. The van der Waals surface area contributed by atoms with Crippen LogP contribution in [-0.4, -0.2) is 10.9 Å². The van der Waals surface area contributed by atoms with Crippen molar-refractivity contribution in [2.75, 3.05) is 5.32 Å². The molecule has 2 rings (SSSR count). The van der Waals surface area contributed by atoms with Gasteiger partial charge in [0, 0.05) is 17.5 Å². The molecule has 4 nitrogen and oxygen atoms in total. The average Bonchev–Trinajstić information content (AvgIpc) is 2.69. The molecule has 1 amide bonds. The number of rotatable bonds is 2. The summed E-state index contributed by atoms with van der Waals surface area (Å²) in [7, 11) is 0. The number of aromatic nitrogens is 1. The second kappa shape index (κ2) is 4.44. The largest absolute Gasteiger partial charge is 0.441 e. The van der Waals surface area contributed by atoms with Crippen LogP contribution in [0.3, 0.4) is 0 Å². The molecule has 0 spiro atoms. The molecule has 2 aromatic rings. The summed E-state index contributed by atoms with van der Waals surface area (Å²) in [6, 6.07) is 5.50. The molecular formula is C14H18N2O2. The molecule has 4 heteroatoms. The summed E-state index contributed by atoms with van der Waals surface area (Å²) in [5, 5.41) is 2.88. The van der Waals surface area contributed by atoms with Gasteiger partial charge < -0.3 is 9.73 Å². The summed E-state index contributed by atoms with van der Waals surface area (Å²) in [4.78, 5) is 16.2. The quantitative estimate of drug-likeness (QED) is 0.883. The van der Waals surface area contributed by atoms with E-state index in [1.54, 1.807) is 0 Å². The van der Waals surface area contributed by atoms with Crippen LogP contribution < -0.4 is 5.32 Å². The van der Waals surface area contributed by atoms with Gasteiger partial charge in [-0.05, 0) is 18.2 Å². The predicted molar refractivity (Wildman–Crippen MR) is 71.5 cm³/mol. The molecule has 18 heavy (non-hydrogen) atoms. The van der Waals surface area contributed by atoms with Gasteiger partial charge in [-0.15, -0.1) is 0 Å². The Balaban J connectivity index is 2.27. The lowest BCUT2D eigenvalue weighted by atomic mass is 9.95. The molecular weight excluding hydrogens is 228 g/mol. The van der Waals surface area contributed by atoms with E-state index < -0.39 is 5.41 Å². The van der Waals surface area contributed by atoms with Crippen molar-refractivity contribution < 1.29 is 9.21 Å². The van der Waals surface area contributed by atoms with Gasteiger partial charge in [-0.3, -0.25) is 4.79 Å². The molecule has 0 saturated heterocycles. The molecule has 1 heterocycles. The Morgan fingerprint density at radius 3 is 2.72 bits per heavy atom. The monoisotopic (exact) mass is 246 g/mol. The van der Waals surface area contributed by atoms with Crippen molar-refractivity contribution in [3.05, 3.63) is 24.1 Å². The standard InChI is InChI=1S/C14H18N2O2/c1-5-12-16-10-8-9(6-7-11(10)18-12)15-13(17)14(2,3)4/h6-8H,5H2,1-4H3,(H,15,17). The first-order valence-corrected chi connectivity index (χ1v) is 6.11. The first-order valence-electron chi connectivity index (χ1n) is 6.11. The van der Waals surface area contributed by atoms with Crippen LogP contribution in [0.2, 0.25) is 0 Å². The van der Waals surface area contributed by atoms with E-state index in [1.807, 2.05) is 45.9 Å². The number of aryl methyl sites for hydroxylation is 1. The van der Waals surface area contributed by atoms with Gasteiger partial charge in [0.1, 0.15) is 5.52 Å². The maximum Gasteiger partial charge on any atom is 0.229 e. The number of carbonyl (C=O) groups is 1. The minimum atomic E-state index is -0.409. The first-order chi connectivity index (χ1) is 8.40. The smallest absolute Gasteiger partial charge is 0.229 e. The van der Waals surface area contributed by atoms with Gasteiger partial charge in [-0.25, -0.2) is 4.98 Å². The zero-order chi connectivity index (χ0) is 13.3. The van der Waals surface area contributed by atoms with E-state index in [4.69, 9.17) is 4.42 Å². The van der Waals surface area contributed by atoms with E-state index in [0.717, 1.165) is 23.2 Å². The van der Waals surface area contributed by atoms with Crippen molar-refractivity contribution in [2.45, 2.75) is 34.1 Å². The van der Waals surface area contributed by atoms with E-state index in [9.17, 15) is 4.79 Å². The molecule has 0 atom stereocenters. The van der Waals surface area contributed by atoms with Gasteiger partial charge in [-0.1, -0.05) is 27.7 Å². The number of carbonyl (C=O) groups excluding carboxylic acids is 1. The van der Waals surface area contributed by atoms with Gasteiger partial charge in [-0.2, -0.15) is 0 Å². The molecule has 0 radical (unpaired) electrons. The van der Waals surface area contributed by atoms with Crippen molar-refractivity contribution in [2.24, 2.45) is 5.41 Å². The third kappa shape index (κ3) is 2.53. The van der Waals surface area contributed by atoms with E-state index in [1.165, 1.54) is 0 Å². The second-order valence-corrected chi connectivity index (χ2v) is 5.35. The Kier molecular flexibility index (Phi) is 3.11. The van der Waals surface area contributed by atoms with Gasteiger partial charge in [0.05, 0.1) is 0 Å². The number of hydrogen-bond acceptors (Lipinski definition) is 3. The third-order valence-corrected chi connectivity index (χ3v) is 2.67. The van der Waals surface area contributed by atoms with Crippen molar-refractivity contribution in [3.63, 3.8) is 0 Å². The zero-order valence-electron chi connectivity index (χ0n) is 11.2. The number of amides is 1. The van der Waals surface area contributed by atoms with Crippen LogP contribution in [0.5, 0.6) is 0 Å². The molecule has 1 N–H and O–H groups in total. The third-order valence-electron chi connectivity index (χ3n) is 2.67. The van der Waals surface area contributed by atoms with Crippen molar-refractivity contribution >= 4 is 22.7 Å². The van der Waals surface area contributed by atoms with Crippen LogP contribution >= 0.6 is 0 Å². The highest BCUT2D eigenvalue weighted by Crippen LogP contribution is 2.22. The number of benzene rings is 1. The van der Waals surface area contributed by atoms with Gasteiger partial charge in [0.15, 0.2) is 11.5 Å². The highest BCUT2D eigenvalue weighted by molar-refractivity contribution is 5.95. The average molecular weight is 246 g/mol. The Morgan fingerprint density at radius 2 is 2.11 bits per heavy atom. The van der Waals surface area contributed by atoms with E-state index >= 15 is 0 Å². The molecule has 0 aliphatic rings. The normalized spacial score (nSPS) is 11.8. The Morgan fingerprint density at radius 1 is 1.39 bits per heavy atom. The second-order valence-electron chi connectivity index (χ2n) is 5.35. The van der Waals surface area contributed by atoms with Crippen LogP contribution in [0.4, 0.5) is 5.69 Å². The summed E-state index contributed by atoms with van der Waals surface area (Å²) in [5.41, 5.74) is 1.87. The van der Waals surface area contributed by atoms with E-state index in [2.05, 4.69) is 10.3 Å². The minimum absolute atomic E-state index is 0.0129. The first kappa shape index (κ1) is 12.6. The lowest BCUT2D eigenvalue weighted by Gasteiger charge is -2.17. The highest BCUT2D eigenvalue weighted by Gasteiger charge is 2.21. The summed E-state index contributed by atoms with van der Waals surface area (Å²) < 4.78 is 5.52. The Labute approximate surface area is 106 Å². The van der Waals surface area contributed by atoms with Crippen LogP contribution in [0, 0.1) is 5.41 Å². The van der Waals surface area contributed by atoms with Gasteiger partial charge in [0.25, 0.3) is 0 Å². The molecule has 0 unspecified atom stereocenters. The fourth-order valence-electron chi connectivity index (χ4n) is 1.52. The fourth-order valence-corrected chi connectivity index (χ4v) is 1.52. The van der Waals surface area contributed by atoms with Crippen LogP contribution in [-0.2, 0) is 11.2 Å². The number of nitrogens with one attached hydrogen (secondary N) is 1. The number of anilines is 1. The summed E-state index contributed by atoms with van der Waals surface area (Å²) in [5.74, 6) is 0.699. The maximum absolute atomic E-state index is 11.9. The molecule has 0 aliphatic carbocycles. The van der Waals surface area contributed by atoms with E-state index in [-0.39, 0.29) is 5.91 Å². The Hall–Kier alpha value is -1.84. The van der Waals surface area contributed by atoms with Crippen LogP contribution in [0.15, 0.2) is 22.6 Å². The molecule has 1 aromatic heterocycles. The van der Waals surface area contributed by atoms with Gasteiger partial charge in [0.2, 0.25) is 5.91 Å². The summed E-state index contributed by atoms with van der Waals surface area (Å²) >= 11 is 0. The molecule has 0 fully saturated rings. The number of hydrogen-bond donors (Lipinski definition) is 1. The highest BCUT2D eigenvalue weighted by atomic mass is 16.3. The zero-order valence-corrected chi connectivity index (χ0v) is 11.2. The van der Waals surface area contributed by atoms with Crippen molar-refractivity contribution in [1.82, 2.24) is 4.98 Å². The predicted octanol–water partition coefficient (Wildman–Crippen LogP) is 3.37. The maximum atomic E-state index is 11.9. The van der Waals surface area contributed by atoms with Crippen LogP contribution in [0.1, 0.15) is 33.6 Å². The van der Waals surface area contributed by atoms with Crippen LogP contribution in [0.25, 0.3) is 11.1 Å². The SMILES string of the molecule is CCc1nc2cc(NC(=O)C(C)(C)C)ccc2o1. The summed E-state index contributed by atoms with van der Waals surface area (Å²) in [6.45, 7) is 7.64. The van der Waals surface area contributed by atoms with Crippen molar-refractivity contribution in [1.29, 1.82) is 0 Å². The topological polar surface area (TPSA) is 55.1 Å². The summed E-state index contributed by atoms with van der Waals surface area (Å²) in [6.07, 6.45) is 0.762. The minimum Gasteiger partial charge on any atom is -0.441 e. The number of fused-ring (bicyclic) bond motifs is 1. The Bertz CT molecular complexity index is 579. The number of oxazole rings is 1. The lowest BCUT2D eigenvalue weighted by Crippen LogP contribution is -2.27. The molecule has 96 valence electrons. The van der Waals surface area contributed by atoms with E-state index in [0.29, 0.717) is 5.89 Å². The molecule has 0 bridgehead atoms. The lowest BCUT2D eigenvalue weighted by molar-refractivity contribution is -0.123. The molecule has 0 saturated carbocycles. The fraction of sp³-hybridized carbons (Fsp3) is 0.429. The molecule has 1 aromatic carbocycles. The van der Waals surface area contributed by atoms with Crippen molar-refractivity contribution in [3.8, 4) is 0 Å².